The molecule has 1 amide bonds. The Balaban J connectivity index is 2.35. The molecule has 1 N–H and O–H groups in total. The zero-order chi connectivity index (χ0) is 12.4. The Morgan fingerprint density at radius 1 is 1.53 bits per heavy atom. The lowest BCUT2D eigenvalue weighted by molar-refractivity contribution is -0.132. The van der Waals surface area contributed by atoms with Gasteiger partial charge < -0.3 is 9.88 Å². The predicted octanol–water partition coefficient (Wildman–Crippen LogP) is 1.15. The number of hydrogen-bond acceptors (Lipinski definition) is 3. The maximum Gasteiger partial charge on any atom is 0.251 e. The Morgan fingerprint density at radius 2 is 2.29 bits per heavy atom. The predicted molar refractivity (Wildman–Crippen MR) is 63.6 cm³/mol. The number of aromatic amines is 1. The van der Waals surface area contributed by atoms with Crippen molar-refractivity contribution in [2.45, 2.75) is 39.2 Å². The second kappa shape index (κ2) is 4.69. The van der Waals surface area contributed by atoms with E-state index in [4.69, 9.17) is 0 Å². The van der Waals surface area contributed by atoms with Gasteiger partial charge in [-0.1, -0.05) is 0 Å². The zero-order valence-corrected chi connectivity index (χ0v) is 10.2. The molecular formula is C12H17N3O2. The molecule has 5 heteroatoms. The van der Waals surface area contributed by atoms with Crippen LogP contribution in [0.25, 0.3) is 0 Å². The van der Waals surface area contributed by atoms with E-state index in [0.717, 1.165) is 25.8 Å². The van der Waals surface area contributed by atoms with Crippen molar-refractivity contribution in [3.63, 3.8) is 0 Å². The van der Waals surface area contributed by atoms with Crippen molar-refractivity contribution in [2.24, 2.45) is 0 Å². The Kier molecular flexibility index (Phi) is 3.26. The van der Waals surface area contributed by atoms with E-state index in [1.807, 2.05) is 0 Å². The van der Waals surface area contributed by atoms with Crippen molar-refractivity contribution in [1.82, 2.24) is 14.9 Å². The molecule has 1 fully saturated rings. The van der Waals surface area contributed by atoms with Crippen LogP contribution >= 0.6 is 0 Å². The summed E-state index contributed by atoms with van der Waals surface area (Å²) in [6, 6.07) is 1.39. The number of carbonyl (C=O) groups is 1. The van der Waals surface area contributed by atoms with Crippen molar-refractivity contribution in [3.8, 4) is 0 Å². The average molecular weight is 235 g/mol. The summed E-state index contributed by atoms with van der Waals surface area (Å²) in [5.74, 6) is 0.656. The normalized spacial score (nSPS) is 20.4. The van der Waals surface area contributed by atoms with Crippen molar-refractivity contribution >= 4 is 5.91 Å². The first-order valence-corrected chi connectivity index (χ1v) is 5.93. The quantitative estimate of drug-likeness (QED) is 0.794. The minimum absolute atomic E-state index is 0.0406. The van der Waals surface area contributed by atoms with Gasteiger partial charge in [0.2, 0.25) is 5.91 Å². The maximum absolute atomic E-state index is 11.6. The summed E-state index contributed by atoms with van der Waals surface area (Å²) in [5, 5.41) is 0. The van der Waals surface area contributed by atoms with Gasteiger partial charge in [0.25, 0.3) is 5.56 Å². The van der Waals surface area contributed by atoms with Crippen LogP contribution in [0.15, 0.2) is 10.9 Å². The van der Waals surface area contributed by atoms with Crippen LogP contribution in [0.5, 0.6) is 0 Å². The fraction of sp³-hybridized carbons (Fsp3) is 0.583. The molecule has 1 atom stereocenters. The lowest BCUT2D eigenvalue weighted by Crippen LogP contribution is -2.38. The number of aromatic nitrogens is 2. The first kappa shape index (κ1) is 11.8. The number of nitrogens with zero attached hydrogens (tertiary/aromatic N) is 2. The monoisotopic (exact) mass is 235 g/mol. The van der Waals surface area contributed by atoms with Crippen molar-refractivity contribution < 1.29 is 4.79 Å². The number of rotatable bonds is 1. The van der Waals surface area contributed by atoms with E-state index < -0.39 is 0 Å². The summed E-state index contributed by atoms with van der Waals surface area (Å²) < 4.78 is 0. The van der Waals surface area contributed by atoms with Crippen LogP contribution in [0.4, 0.5) is 0 Å². The van der Waals surface area contributed by atoms with E-state index >= 15 is 0 Å². The SMILES string of the molecule is CC(=O)N1CCCC[C@@H]1c1nc(C)cc(=O)[nH]1. The third kappa shape index (κ3) is 2.54. The van der Waals surface area contributed by atoms with E-state index in [1.54, 1.807) is 18.7 Å². The molecule has 2 rings (SSSR count). The maximum atomic E-state index is 11.6. The van der Waals surface area contributed by atoms with Gasteiger partial charge in [0, 0.05) is 25.2 Å². The van der Waals surface area contributed by atoms with E-state index in [9.17, 15) is 9.59 Å². The molecule has 0 saturated carbocycles. The van der Waals surface area contributed by atoms with Crippen LogP contribution in [0.2, 0.25) is 0 Å². The highest BCUT2D eigenvalue weighted by Crippen LogP contribution is 2.28. The summed E-state index contributed by atoms with van der Waals surface area (Å²) in [4.78, 5) is 31.9. The molecule has 0 unspecified atom stereocenters. The fourth-order valence-electron chi connectivity index (χ4n) is 2.35. The van der Waals surface area contributed by atoms with E-state index in [0.29, 0.717) is 11.5 Å². The highest BCUT2D eigenvalue weighted by Gasteiger charge is 2.27. The van der Waals surface area contributed by atoms with Crippen LogP contribution in [-0.4, -0.2) is 27.3 Å². The molecule has 0 aromatic carbocycles. The summed E-state index contributed by atoms with van der Waals surface area (Å²) >= 11 is 0. The van der Waals surface area contributed by atoms with Crippen LogP contribution in [0, 0.1) is 6.92 Å². The molecule has 1 aliphatic heterocycles. The van der Waals surface area contributed by atoms with Gasteiger partial charge in [-0.05, 0) is 26.2 Å². The first-order chi connectivity index (χ1) is 8.08. The second-order valence-electron chi connectivity index (χ2n) is 4.50. The lowest BCUT2D eigenvalue weighted by Gasteiger charge is -2.34. The minimum Gasteiger partial charge on any atom is -0.333 e. The Bertz CT molecular complexity index is 481. The molecule has 0 aliphatic carbocycles. The molecule has 17 heavy (non-hydrogen) atoms. The lowest BCUT2D eigenvalue weighted by atomic mass is 10.0. The first-order valence-electron chi connectivity index (χ1n) is 5.93. The van der Waals surface area contributed by atoms with Gasteiger partial charge in [0.1, 0.15) is 5.82 Å². The Morgan fingerprint density at radius 3 is 2.94 bits per heavy atom. The largest absolute Gasteiger partial charge is 0.333 e. The molecule has 0 bridgehead atoms. The molecule has 1 aliphatic rings. The van der Waals surface area contributed by atoms with E-state index in [2.05, 4.69) is 9.97 Å². The number of piperidine rings is 1. The molecule has 0 spiro atoms. The van der Waals surface area contributed by atoms with Gasteiger partial charge in [-0.15, -0.1) is 0 Å². The van der Waals surface area contributed by atoms with Crippen LogP contribution in [0.1, 0.15) is 43.7 Å². The van der Waals surface area contributed by atoms with Crippen molar-refractivity contribution in [3.05, 3.63) is 27.9 Å². The number of hydrogen-bond donors (Lipinski definition) is 1. The second-order valence-corrected chi connectivity index (χ2v) is 4.50. The van der Waals surface area contributed by atoms with Crippen LogP contribution in [-0.2, 0) is 4.79 Å². The van der Waals surface area contributed by atoms with Crippen molar-refractivity contribution in [1.29, 1.82) is 0 Å². The van der Waals surface area contributed by atoms with E-state index in [-0.39, 0.29) is 17.5 Å². The molecule has 2 heterocycles. The molecule has 92 valence electrons. The van der Waals surface area contributed by atoms with Gasteiger partial charge in [-0.25, -0.2) is 4.98 Å². The highest BCUT2D eigenvalue weighted by molar-refractivity contribution is 5.73. The number of amides is 1. The number of nitrogens with one attached hydrogen (secondary N) is 1. The molecule has 5 nitrogen and oxygen atoms in total. The Labute approximate surface area is 99.9 Å². The third-order valence-electron chi connectivity index (χ3n) is 3.11. The topological polar surface area (TPSA) is 66.1 Å². The standard InChI is InChI=1S/C12H17N3O2/c1-8-7-11(17)14-12(13-8)10-5-3-4-6-15(10)9(2)16/h7,10H,3-6H2,1-2H3,(H,13,14,17)/t10-/m1/s1. The smallest absolute Gasteiger partial charge is 0.251 e. The van der Waals surface area contributed by atoms with Gasteiger partial charge in [0.05, 0.1) is 6.04 Å². The van der Waals surface area contributed by atoms with Crippen LogP contribution < -0.4 is 5.56 Å². The minimum atomic E-state index is -0.151. The van der Waals surface area contributed by atoms with Crippen molar-refractivity contribution in [2.75, 3.05) is 6.54 Å². The van der Waals surface area contributed by atoms with Gasteiger partial charge in [-0.2, -0.15) is 0 Å². The highest BCUT2D eigenvalue weighted by atomic mass is 16.2. The fourth-order valence-corrected chi connectivity index (χ4v) is 2.35. The summed E-state index contributed by atoms with van der Waals surface area (Å²) in [6.45, 7) is 4.10. The number of likely N-dealkylation sites (tertiary alicyclic amines) is 1. The van der Waals surface area contributed by atoms with Crippen LogP contribution in [0.3, 0.4) is 0 Å². The Hall–Kier alpha value is -1.65. The summed E-state index contributed by atoms with van der Waals surface area (Å²) in [7, 11) is 0. The summed E-state index contributed by atoms with van der Waals surface area (Å²) in [5.41, 5.74) is 0.541. The third-order valence-corrected chi connectivity index (χ3v) is 3.11. The zero-order valence-electron chi connectivity index (χ0n) is 10.2. The van der Waals surface area contributed by atoms with Gasteiger partial charge in [-0.3, -0.25) is 9.59 Å². The molecule has 1 aromatic rings. The summed E-state index contributed by atoms with van der Waals surface area (Å²) in [6.07, 6.45) is 2.95. The van der Waals surface area contributed by atoms with Gasteiger partial charge >= 0.3 is 0 Å². The number of aryl methyl sites for hydroxylation is 1. The van der Waals surface area contributed by atoms with E-state index in [1.165, 1.54) is 6.07 Å². The molecule has 0 radical (unpaired) electrons. The number of carbonyl (C=O) groups excluding carboxylic acids is 1. The molecule has 1 aromatic heterocycles. The number of H-pyrrole nitrogens is 1. The van der Waals surface area contributed by atoms with Gasteiger partial charge in [0.15, 0.2) is 0 Å². The average Bonchev–Trinajstić information content (AvgIpc) is 2.27. The molecular weight excluding hydrogens is 218 g/mol. The molecule has 1 saturated heterocycles.